The Kier molecular flexibility index (Phi) is 4.85. The predicted octanol–water partition coefficient (Wildman–Crippen LogP) is 4.29. The molecule has 166 valence electrons. The predicted molar refractivity (Wildman–Crippen MR) is 124 cm³/mol. The van der Waals surface area contributed by atoms with Crippen LogP contribution in [0.5, 0.6) is 0 Å². The molecule has 1 aromatic carbocycles. The van der Waals surface area contributed by atoms with E-state index in [0.717, 1.165) is 33.6 Å². The molecule has 0 saturated carbocycles. The second-order valence-corrected chi connectivity index (χ2v) is 9.10. The van der Waals surface area contributed by atoms with E-state index in [1.165, 1.54) is 0 Å². The van der Waals surface area contributed by atoms with Gasteiger partial charge in [-0.25, -0.2) is 4.98 Å². The summed E-state index contributed by atoms with van der Waals surface area (Å²) >= 11 is 0. The molecule has 0 aliphatic heterocycles. The van der Waals surface area contributed by atoms with E-state index in [-0.39, 0.29) is 5.41 Å². The summed E-state index contributed by atoms with van der Waals surface area (Å²) in [7, 11) is 0. The summed E-state index contributed by atoms with van der Waals surface area (Å²) in [5.41, 5.74) is 11.6. The van der Waals surface area contributed by atoms with Crippen LogP contribution in [0.1, 0.15) is 43.7 Å². The first-order valence-corrected chi connectivity index (χ1v) is 10.6. The van der Waals surface area contributed by atoms with E-state index in [9.17, 15) is 4.79 Å². The van der Waals surface area contributed by atoms with Crippen molar-refractivity contribution in [3.8, 4) is 22.4 Å². The number of carbonyl (C=O) groups excluding carboxylic acids is 1. The molecule has 4 heterocycles. The molecule has 0 saturated heterocycles. The molecule has 8 heteroatoms. The fraction of sp³-hybridized carbons (Fsp3) is 0.200. The monoisotopic (exact) mass is 440 g/mol. The molecule has 33 heavy (non-hydrogen) atoms. The third-order valence-corrected chi connectivity index (χ3v) is 5.73. The van der Waals surface area contributed by atoms with Gasteiger partial charge in [0, 0.05) is 35.0 Å². The molecule has 0 radical (unpaired) electrons. The number of rotatable bonds is 5. The average Bonchev–Trinajstić information content (AvgIpc) is 3.54. The van der Waals surface area contributed by atoms with Crippen LogP contribution in [0, 0.1) is 0 Å². The fourth-order valence-corrected chi connectivity index (χ4v) is 3.89. The van der Waals surface area contributed by atoms with Crippen molar-refractivity contribution in [2.45, 2.75) is 32.1 Å². The number of nitrogens with zero attached hydrogens (tertiary/aromatic N) is 4. The molecule has 4 aromatic heterocycles. The Morgan fingerprint density at radius 1 is 1.06 bits per heavy atom. The Bertz CT molecular complexity index is 1420. The number of hydrogen-bond acceptors (Lipinski definition) is 5. The van der Waals surface area contributed by atoms with E-state index in [4.69, 9.17) is 10.3 Å². The normalized spacial score (nSPS) is 12.8. The molecule has 5 aromatic rings. The Hall–Kier alpha value is -4.20. The lowest BCUT2D eigenvalue weighted by molar-refractivity contribution is -0.118. The summed E-state index contributed by atoms with van der Waals surface area (Å²) in [5.74, 6) is -0.447. The second kappa shape index (κ2) is 7.74. The summed E-state index contributed by atoms with van der Waals surface area (Å²) in [6.07, 6.45) is 7.46. The summed E-state index contributed by atoms with van der Waals surface area (Å²) in [4.78, 5) is 16.9. The first-order valence-electron chi connectivity index (χ1n) is 10.6. The lowest BCUT2D eigenvalue weighted by Crippen LogP contribution is -2.22. The van der Waals surface area contributed by atoms with Gasteiger partial charge in [0.05, 0.1) is 18.1 Å². The molecule has 1 amide bonds. The largest absolute Gasteiger partial charge is 0.369 e. The highest BCUT2D eigenvalue weighted by Crippen LogP contribution is 2.31. The summed E-state index contributed by atoms with van der Waals surface area (Å²) < 4.78 is 7.50. The van der Waals surface area contributed by atoms with Crippen LogP contribution in [0.15, 0.2) is 71.8 Å². The van der Waals surface area contributed by atoms with Crippen molar-refractivity contribution in [2.24, 2.45) is 5.73 Å². The number of H-pyrrole nitrogens is 1. The quantitative estimate of drug-likeness (QED) is 0.423. The maximum atomic E-state index is 12.3. The minimum absolute atomic E-state index is 0.210. The number of fused-ring (bicyclic) bond motifs is 1. The van der Waals surface area contributed by atoms with Gasteiger partial charge in [-0.3, -0.25) is 14.3 Å². The van der Waals surface area contributed by atoms with Crippen molar-refractivity contribution in [3.63, 3.8) is 0 Å². The number of nitrogens with one attached hydrogen (secondary N) is 1. The topological polar surface area (TPSA) is 115 Å². The molecular weight excluding hydrogens is 416 g/mol. The number of hydrogen-bond donors (Lipinski definition) is 2. The van der Waals surface area contributed by atoms with Crippen LogP contribution in [0.3, 0.4) is 0 Å². The molecular formula is C25H24N6O2. The summed E-state index contributed by atoms with van der Waals surface area (Å²) in [6, 6.07) is 13.6. The number of aromatic amines is 1. The van der Waals surface area contributed by atoms with Gasteiger partial charge < -0.3 is 10.3 Å². The molecule has 0 fully saturated rings. The Balaban J connectivity index is 1.47. The van der Waals surface area contributed by atoms with Crippen molar-refractivity contribution in [1.29, 1.82) is 0 Å². The number of aromatic nitrogens is 5. The third kappa shape index (κ3) is 3.80. The lowest BCUT2D eigenvalue weighted by atomic mass is 9.90. The van der Waals surface area contributed by atoms with Crippen LogP contribution in [0.25, 0.3) is 28.0 Å². The van der Waals surface area contributed by atoms with Gasteiger partial charge in [0.15, 0.2) is 0 Å². The smallest absolute Gasteiger partial charge is 0.231 e. The van der Waals surface area contributed by atoms with Gasteiger partial charge >= 0.3 is 0 Å². The first-order chi connectivity index (χ1) is 15.8. The highest BCUT2D eigenvalue weighted by molar-refractivity contribution is 5.85. The number of nitrogens with two attached hydrogens (primary N) is 1. The molecule has 0 aliphatic rings. The first kappa shape index (κ1) is 20.7. The van der Waals surface area contributed by atoms with Crippen LogP contribution in [0.4, 0.5) is 0 Å². The maximum Gasteiger partial charge on any atom is 0.231 e. The molecule has 0 aliphatic carbocycles. The van der Waals surface area contributed by atoms with Gasteiger partial charge in [-0.15, -0.1) is 0 Å². The standard InChI is InChI=1S/C25H24N6O2/c1-25(2,3)21-11-19(30-33-21)23(24(26)32)16-6-4-15(5-7-16)20-14-27-22-10-17(8-9-31(20)22)18-12-28-29-13-18/h4-14,23H,1-3H3,(H2,26,32)(H,28,29). The number of amides is 1. The number of carbonyl (C=O) groups is 1. The van der Waals surface area contributed by atoms with Crippen LogP contribution < -0.4 is 5.73 Å². The minimum atomic E-state index is -0.682. The SMILES string of the molecule is CC(C)(C)c1cc(C(C(N)=O)c2ccc(-c3cnc4cc(-c5cn[nH]c5)ccn34)cc2)no1. The Morgan fingerprint density at radius 3 is 2.48 bits per heavy atom. The van der Waals surface area contributed by atoms with E-state index < -0.39 is 11.8 Å². The number of benzene rings is 1. The van der Waals surface area contributed by atoms with Gasteiger partial charge in [-0.2, -0.15) is 5.10 Å². The van der Waals surface area contributed by atoms with E-state index in [0.29, 0.717) is 11.5 Å². The highest BCUT2D eigenvalue weighted by Gasteiger charge is 2.27. The number of primary amides is 1. The van der Waals surface area contributed by atoms with E-state index >= 15 is 0 Å². The Morgan fingerprint density at radius 2 is 1.85 bits per heavy atom. The van der Waals surface area contributed by atoms with E-state index in [1.807, 2.05) is 86.2 Å². The van der Waals surface area contributed by atoms with E-state index in [2.05, 4.69) is 20.3 Å². The maximum absolute atomic E-state index is 12.3. The van der Waals surface area contributed by atoms with Crippen molar-refractivity contribution < 1.29 is 9.32 Å². The van der Waals surface area contributed by atoms with Gasteiger partial charge in [0.1, 0.15) is 23.0 Å². The molecule has 3 N–H and O–H groups in total. The number of imidazole rings is 1. The number of pyridine rings is 1. The van der Waals surface area contributed by atoms with Crippen molar-refractivity contribution in [3.05, 3.63) is 84.3 Å². The zero-order valence-corrected chi connectivity index (χ0v) is 18.6. The molecule has 5 rings (SSSR count). The van der Waals surface area contributed by atoms with Crippen LogP contribution in [-0.2, 0) is 10.2 Å². The average molecular weight is 441 g/mol. The minimum Gasteiger partial charge on any atom is -0.369 e. The molecule has 1 unspecified atom stereocenters. The second-order valence-electron chi connectivity index (χ2n) is 9.10. The van der Waals surface area contributed by atoms with Gasteiger partial charge in [-0.1, -0.05) is 50.2 Å². The molecule has 8 nitrogen and oxygen atoms in total. The third-order valence-electron chi connectivity index (χ3n) is 5.73. The molecule has 0 bridgehead atoms. The summed E-state index contributed by atoms with van der Waals surface area (Å²) in [5, 5.41) is 11.0. The highest BCUT2D eigenvalue weighted by atomic mass is 16.5. The van der Waals surface area contributed by atoms with Gasteiger partial charge in [0.25, 0.3) is 0 Å². The van der Waals surface area contributed by atoms with Crippen LogP contribution in [-0.4, -0.2) is 30.6 Å². The van der Waals surface area contributed by atoms with Crippen molar-refractivity contribution >= 4 is 11.6 Å². The van der Waals surface area contributed by atoms with Crippen LogP contribution >= 0.6 is 0 Å². The summed E-state index contributed by atoms with van der Waals surface area (Å²) in [6.45, 7) is 6.08. The molecule has 1 atom stereocenters. The zero-order chi connectivity index (χ0) is 23.2. The lowest BCUT2D eigenvalue weighted by Gasteiger charge is -2.13. The zero-order valence-electron chi connectivity index (χ0n) is 18.6. The Labute approximate surface area is 190 Å². The molecule has 0 spiro atoms. The van der Waals surface area contributed by atoms with Crippen molar-refractivity contribution in [1.82, 2.24) is 24.7 Å². The van der Waals surface area contributed by atoms with Gasteiger partial charge in [-0.05, 0) is 23.3 Å². The van der Waals surface area contributed by atoms with Gasteiger partial charge in [0.2, 0.25) is 5.91 Å². The van der Waals surface area contributed by atoms with E-state index in [1.54, 1.807) is 6.20 Å². The fourth-order valence-electron chi connectivity index (χ4n) is 3.89. The van der Waals surface area contributed by atoms with Crippen molar-refractivity contribution in [2.75, 3.05) is 0 Å². The van der Waals surface area contributed by atoms with Crippen LogP contribution in [0.2, 0.25) is 0 Å².